The van der Waals surface area contributed by atoms with E-state index >= 15 is 0 Å². The van der Waals surface area contributed by atoms with Gasteiger partial charge in [-0.25, -0.2) is 0 Å². The van der Waals surface area contributed by atoms with Crippen molar-refractivity contribution in [2.24, 2.45) is 5.92 Å². The largest absolute Gasteiger partial charge is 0.506 e. The molecule has 1 aromatic carbocycles. The highest BCUT2D eigenvalue weighted by atomic mass is 16.3. The van der Waals surface area contributed by atoms with Gasteiger partial charge in [-0.1, -0.05) is 12.1 Å². The first-order valence-corrected chi connectivity index (χ1v) is 9.85. The molecule has 0 unspecified atom stereocenters. The monoisotopic (exact) mass is 405 g/mol. The molecule has 2 aromatic heterocycles. The second kappa shape index (κ2) is 8.36. The number of aryl methyl sites for hydroxylation is 2. The van der Waals surface area contributed by atoms with Crippen molar-refractivity contribution in [1.29, 1.82) is 0 Å². The molecule has 1 aliphatic rings. The van der Waals surface area contributed by atoms with Gasteiger partial charge in [0, 0.05) is 25.5 Å². The van der Waals surface area contributed by atoms with E-state index in [4.69, 9.17) is 0 Å². The van der Waals surface area contributed by atoms with E-state index in [1.807, 2.05) is 17.7 Å². The number of pyridine rings is 1. The molecule has 1 atom stereocenters. The summed E-state index contributed by atoms with van der Waals surface area (Å²) in [6.07, 6.45) is 6.23. The molecule has 1 aliphatic heterocycles. The number of hydrogen-bond acceptors (Lipinski definition) is 5. The van der Waals surface area contributed by atoms with Crippen LogP contribution in [0.1, 0.15) is 38.4 Å². The van der Waals surface area contributed by atoms with Crippen LogP contribution in [0.2, 0.25) is 0 Å². The summed E-state index contributed by atoms with van der Waals surface area (Å²) in [6, 6.07) is 8.54. The van der Waals surface area contributed by atoms with Crippen molar-refractivity contribution < 1.29 is 14.7 Å². The van der Waals surface area contributed by atoms with Crippen LogP contribution in [-0.2, 0) is 13.0 Å². The molecule has 0 bridgehead atoms. The van der Waals surface area contributed by atoms with Crippen LogP contribution in [0.4, 0.5) is 5.69 Å². The maximum atomic E-state index is 12.9. The molecule has 3 N–H and O–H groups in total. The van der Waals surface area contributed by atoms with Crippen LogP contribution in [0.25, 0.3) is 0 Å². The third-order valence-corrected chi connectivity index (χ3v) is 5.39. The number of para-hydroxylation sites is 1. The number of nitrogens with one attached hydrogen (secondary N) is 2. The fourth-order valence-electron chi connectivity index (χ4n) is 3.69. The van der Waals surface area contributed by atoms with Gasteiger partial charge >= 0.3 is 0 Å². The standard InChI is InChI=1S/C22H23N5O3/c1-14-4-2-6-19(28)20(14)26-22(30)17-13-25-27-9-7-15(10-18(17)27)11-24-21(29)16-5-3-8-23-12-16/h2-6,8,12-13,15,28H,7,9-11H2,1H3,(H,24,29)(H,26,30)/t15-/m0/s1. The van der Waals surface area contributed by atoms with Gasteiger partial charge in [0.25, 0.3) is 11.8 Å². The molecule has 3 heterocycles. The molecule has 3 aromatic rings. The molecule has 8 heteroatoms. The van der Waals surface area contributed by atoms with Gasteiger partial charge in [0.2, 0.25) is 0 Å². The van der Waals surface area contributed by atoms with Crippen molar-refractivity contribution in [2.45, 2.75) is 26.3 Å². The SMILES string of the molecule is Cc1cccc(O)c1NC(=O)c1cnn2c1C[C@@H](CNC(=O)c1cccnc1)CC2. The second-order valence-corrected chi connectivity index (χ2v) is 7.46. The van der Waals surface area contributed by atoms with E-state index in [-0.39, 0.29) is 23.5 Å². The minimum atomic E-state index is -0.305. The van der Waals surface area contributed by atoms with Crippen LogP contribution in [0.15, 0.2) is 48.9 Å². The molecule has 30 heavy (non-hydrogen) atoms. The molecule has 0 radical (unpaired) electrons. The first-order valence-electron chi connectivity index (χ1n) is 9.85. The molecule has 0 spiro atoms. The average Bonchev–Trinajstić information content (AvgIpc) is 3.18. The Kier molecular flexibility index (Phi) is 5.47. The number of carbonyl (C=O) groups excluding carboxylic acids is 2. The summed E-state index contributed by atoms with van der Waals surface area (Å²) >= 11 is 0. The van der Waals surface area contributed by atoms with Crippen molar-refractivity contribution >= 4 is 17.5 Å². The first-order chi connectivity index (χ1) is 14.5. The Morgan fingerprint density at radius 3 is 2.83 bits per heavy atom. The molecular formula is C22H23N5O3. The molecule has 0 saturated carbocycles. The maximum absolute atomic E-state index is 12.9. The lowest BCUT2D eigenvalue weighted by atomic mass is 9.94. The number of benzene rings is 1. The molecule has 0 saturated heterocycles. The van der Waals surface area contributed by atoms with Crippen molar-refractivity contribution in [3.05, 3.63) is 71.3 Å². The van der Waals surface area contributed by atoms with Crippen LogP contribution in [0.5, 0.6) is 5.75 Å². The second-order valence-electron chi connectivity index (χ2n) is 7.46. The molecule has 154 valence electrons. The van der Waals surface area contributed by atoms with E-state index in [2.05, 4.69) is 20.7 Å². The maximum Gasteiger partial charge on any atom is 0.259 e. The number of hydrogen-bond donors (Lipinski definition) is 3. The van der Waals surface area contributed by atoms with Gasteiger partial charge in [0.15, 0.2) is 0 Å². The highest BCUT2D eigenvalue weighted by Crippen LogP contribution is 2.28. The summed E-state index contributed by atoms with van der Waals surface area (Å²) < 4.78 is 1.84. The Balaban J connectivity index is 1.43. The third kappa shape index (κ3) is 4.03. The van der Waals surface area contributed by atoms with Crippen molar-refractivity contribution in [1.82, 2.24) is 20.1 Å². The number of nitrogens with zero attached hydrogens (tertiary/aromatic N) is 3. The minimum Gasteiger partial charge on any atom is -0.506 e. The number of carbonyl (C=O) groups is 2. The Hall–Kier alpha value is -3.68. The Labute approximate surface area is 174 Å². The fourth-order valence-corrected chi connectivity index (χ4v) is 3.69. The van der Waals surface area contributed by atoms with E-state index in [1.165, 1.54) is 12.3 Å². The van der Waals surface area contributed by atoms with Gasteiger partial charge < -0.3 is 15.7 Å². The number of aromatic hydroxyl groups is 1. The lowest BCUT2D eigenvalue weighted by molar-refractivity contribution is 0.0942. The van der Waals surface area contributed by atoms with E-state index < -0.39 is 0 Å². The van der Waals surface area contributed by atoms with E-state index in [0.29, 0.717) is 36.3 Å². The normalized spacial score (nSPS) is 15.3. The zero-order valence-electron chi connectivity index (χ0n) is 16.6. The molecule has 0 aliphatic carbocycles. The van der Waals surface area contributed by atoms with Crippen LogP contribution in [0.3, 0.4) is 0 Å². The molecule has 0 fully saturated rings. The number of aromatic nitrogens is 3. The molecular weight excluding hydrogens is 382 g/mol. The Morgan fingerprint density at radius 1 is 1.20 bits per heavy atom. The van der Waals surface area contributed by atoms with Crippen molar-refractivity contribution in [3.63, 3.8) is 0 Å². The number of phenolic OH excluding ortho intramolecular Hbond substituents is 1. The lowest BCUT2D eigenvalue weighted by Gasteiger charge is -2.24. The van der Waals surface area contributed by atoms with Crippen molar-refractivity contribution in [2.75, 3.05) is 11.9 Å². The first kappa shape index (κ1) is 19.6. The van der Waals surface area contributed by atoms with Crippen LogP contribution in [0, 0.1) is 12.8 Å². The third-order valence-electron chi connectivity index (χ3n) is 5.39. The van der Waals surface area contributed by atoms with Crippen LogP contribution < -0.4 is 10.6 Å². The van der Waals surface area contributed by atoms with E-state index in [9.17, 15) is 14.7 Å². The Morgan fingerprint density at radius 2 is 2.07 bits per heavy atom. The van der Waals surface area contributed by atoms with E-state index in [0.717, 1.165) is 17.7 Å². The number of amides is 2. The fraction of sp³-hybridized carbons (Fsp3) is 0.273. The lowest BCUT2D eigenvalue weighted by Crippen LogP contribution is -2.33. The summed E-state index contributed by atoms with van der Waals surface area (Å²) in [6.45, 7) is 3.02. The highest BCUT2D eigenvalue weighted by Gasteiger charge is 2.26. The smallest absolute Gasteiger partial charge is 0.259 e. The number of anilines is 1. The predicted molar refractivity (Wildman–Crippen MR) is 111 cm³/mol. The zero-order valence-corrected chi connectivity index (χ0v) is 16.6. The quantitative estimate of drug-likeness (QED) is 0.565. The van der Waals surface area contributed by atoms with E-state index in [1.54, 1.807) is 30.6 Å². The number of rotatable bonds is 5. The van der Waals surface area contributed by atoms with Gasteiger partial charge in [-0.15, -0.1) is 0 Å². The van der Waals surface area contributed by atoms with Crippen LogP contribution >= 0.6 is 0 Å². The average molecular weight is 405 g/mol. The topological polar surface area (TPSA) is 109 Å². The van der Waals surface area contributed by atoms with Gasteiger partial charge in [-0.05, 0) is 49.4 Å². The van der Waals surface area contributed by atoms with Gasteiger partial charge in [0.05, 0.1) is 28.7 Å². The molecule has 8 nitrogen and oxygen atoms in total. The number of phenols is 1. The molecule has 2 amide bonds. The number of fused-ring (bicyclic) bond motifs is 1. The Bertz CT molecular complexity index is 1060. The van der Waals surface area contributed by atoms with Crippen molar-refractivity contribution in [3.8, 4) is 5.75 Å². The summed E-state index contributed by atoms with van der Waals surface area (Å²) in [4.78, 5) is 29.1. The summed E-state index contributed by atoms with van der Waals surface area (Å²) in [7, 11) is 0. The highest BCUT2D eigenvalue weighted by molar-refractivity contribution is 6.06. The molecule has 4 rings (SSSR count). The summed E-state index contributed by atoms with van der Waals surface area (Å²) in [5.41, 5.74) is 3.03. The van der Waals surface area contributed by atoms with Gasteiger partial charge in [0.1, 0.15) is 5.75 Å². The van der Waals surface area contributed by atoms with Gasteiger partial charge in [-0.3, -0.25) is 19.3 Å². The summed E-state index contributed by atoms with van der Waals surface area (Å²) in [5.74, 6) is -0.232. The zero-order chi connectivity index (χ0) is 21.1. The van der Waals surface area contributed by atoms with Crippen LogP contribution in [-0.4, -0.2) is 38.2 Å². The summed E-state index contributed by atoms with van der Waals surface area (Å²) in [5, 5.41) is 20.1. The predicted octanol–water partition coefficient (Wildman–Crippen LogP) is 2.54. The minimum absolute atomic E-state index is 0.0281. The van der Waals surface area contributed by atoms with Gasteiger partial charge in [-0.2, -0.15) is 5.10 Å².